The zero-order valence-electron chi connectivity index (χ0n) is 15.0. The van der Waals surface area contributed by atoms with Crippen LogP contribution in [0.3, 0.4) is 0 Å². The van der Waals surface area contributed by atoms with E-state index in [9.17, 15) is 9.90 Å². The maximum atomic E-state index is 12.1. The highest BCUT2D eigenvalue weighted by atomic mass is 16.5. The molecule has 26 heavy (non-hydrogen) atoms. The Hall–Kier alpha value is -2.85. The molecule has 0 radical (unpaired) electrons. The minimum atomic E-state index is -0.321. The van der Waals surface area contributed by atoms with Gasteiger partial charge in [-0.25, -0.2) is 0 Å². The fourth-order valence-corrected chi connectivity index (χ4v) is 3.15. The molecule has 0 bridgehead atoms. The maximum absolute atomic E-state index is 12.1. The smallest absolute Gasteiger partial charge is 0.310 e. The minimum Gasteiger partial charge on any atom is -0.466 e. The van der Waals surface area contributed by atoms with Crippen LogP contribution < -0.4 is 4.74 Å². The molecule has 0 atom stereocenters. The lowest BCUT2D eigenvalue weighted by Crippen LogP contribution is -2.15. The Morgan fingerprint density at radius 3 is 2.62 bits per heavy atom. The first-order chi connectivity index (χ1) is 12.5. The molecule has 0 fully saturated rings. The molecule has 2 aromatic carbocycles. The molecular formula is C22H22O4. The summed E-state index contributed by atoms with van der Waals surface area (Å²) in [6.07, 6.45) is 0.0820. The summed E-state index contributed by atoms with van der Waals surface area (Å²) in [7, 11) is 0. The topological polar surface area (TPSA) is 55.8 Å². The van der Waals surface area contributed by atoms with Gasteiger partial charge in [-0.05, 0) is 42.7 Å². The van der Waals surface area contributed by atoms with Crippen molar-refractivity contribution in [3.63, 3.8) is 0 Å². The first-order valence-corrected chi connectivity index (χ1v) is 8.61. The number of carbonyl (C=O) groups is 1. The van der Waals surface area contributed by atoms with Crippen molar-refractivity contribution in [2.45, 2.75) is 26.9 Å². The van der Waals surface area contributed by atoms with Crippen molar-refractivity contribution in [1.82, 2.24) is 0 Å². The van der Waals surface area contributed by atoms with Gasteiger partial charge >= 0.3 is 5.97 Å². The largest absolute Gasteiger partial charge is 0.466 e. The maximum Gasteiger partial charge on any atom is 0.310 e. The third-order valence-electron chi connectivity index (χ3n) is 4.44. The van der Waals surface area contributed by atoms with E-state index in [1.54, 1.807) is 6.92 Å². The zero-order chi connectivity index (χ0) is 18.7. The summed E-state index contributed by atoms with van der Waals surface area (Å²) >= 11 is 0. The Morgan fingerprint density at radius 1 is 1.23 bits per heavy atom. The van der Waals surface area contributed by atoms with E-state index in [0.717, 1.165) is 27.8 Å². The number of fused-ring (bicyclic) bond motifs is 1. The number of esters is 1. The molecule has 3 rings (SSSR count). The Morgan fingerprint density at radius 2 is 1.96 bits per heavy atom. The second-order valence-corrected chi connectivity index (χ2v) is 6.16. The van der Waals surface area contributed by atoms with Crippen molar-refractivity contribution in [3.8, 4) is 5.75 Å². The van der Waals surface area contributed by atoms with Gasteiger partial charge in [-0.15, -0.1) is 0 Å². The van der Waals surface area contributed by atoms with Crippen LogP contribution in [0.2, 0.25) is 0 Å². The Bertz CT molecular complexity index is 879. The van der Waals surface area contributed by atoms with Gasteiger partial charge in [0.15, 0.2) is 0 Å². The van der Waals surface area contributed by atoms with Crippen LogP contribution in [0.5, 0.6) is 5.75 Å². The lowest BCUT2D eigenvalue weighted by molar-refractivity contribution is -0.142. The van der Waals surface area contributed by atoms with Crippen LogP contribution in [0.4, 0.5) is 0 Å². The highest BCUT2D eigenvalue weighted by Crippen LogP contribution is 2.43. The molecule has 0 amide bonds. The average molecular weight is 350 g/mol. The molecular weight excluding hydrogens is 328 g/mol. The van der Waals surface area contributed by atoms with Crippen LogP contribution >= 0.6 is 0 Å². The van der Waals surface area contributed by atoms with Crippen LogP contribution in [-0.4, -0.2) is 17.7 Å². The van der Waals surface area contributed by atoms with Gasteiger partial charge in [-0.1, -0.05) is 36.9 Å². The molecule has 134 valence electrons. The van der Waals surface area contributed by atoms with Crippen molar-refractivity contribution in [1.29, 1.82) is 0 Å². The van der Waals surface area contributed by atoms with Crippen LogP contribution in [0.1, 0.15) is 35.6 Å². The van der Waals surface area contributed by atoms with E-state index in [0.29, 0.717) is 23.7 Å². The molecule has 1 heterocycles. The molecule has 0 spiro atoms. The van der Waals surface area contributed by atoms with E-state index in [2.05, 4.69) is 6.58 Å². The molecule has 0 saturated carbocycles. The van der Waals surface area contributed by atoms with Gasteiger partial charge in [-0.3, -0.25) is 4.79 Å². The second-order valence-electron chi connectivity index (χ2n) is 6.16. The lowest BCUT2D eigenvalue weighted by atomic mass is 9.87. The van der Waals surface area contributed by atoms with Gasteiger partial charge in [-0.2, -0.15) is 0 Å². The monoisotopic (exact) mass is 350 g/mol. The summed E-state index contributed by atoms with van der Waals surface area (Å²) < 4.78 is 11.0. The molecule has 1 aliphatic heterocycles. The predicted molar refractivity (Wildman–Crippen MR) is 101 cm³/mol. The molecule has 1 N–H and O–H groups in total. The van der Waals surface area contributed by atoms with Gasteiger partial charge in [0.05, 0.1) is 19.6 Å². The van der Waals surface area contributed by atoms with Crippen LogP contribution in [0.15, 0.2) is 60.4 Å². The Labute approximate surface area is 153 Å². The van der Waals surface area contributed by atoms with E-state index in [1.165, 1.54) is 0 Å². The highest BCUT2D eigenvalue weighted by Gasteiger charge is 2.27. The molecule has 0 unspecified atom stereocenters. The van der Waals surface area contributed by atoms with Crippen molar-refractivity contribution in [3.05, 3.63) is 82.6 Å². The van der Waals surface area contributed by atoms with Crippen LogP contribution in [0.25, 0.3) is 5.57 Å². The molecule has 1 aliphatic rings. The van der Waals surface area contributed by atoms with E-state index in [1.807, 2.05) is 49.4 Å². The number of ether oxygens (including phenoxy) is 2. The summed E-state index contributed by atoms with van der Waals surface area (Å²) in [5.41, 5.74) is 5.17. The summed E-state index contributed by atoms with van der Waals surface area (Å²) in [6.45, 7) is 7.99. The normalized spacial score (nSPS) is 13.3. The second kappa shape index (κ2) is 7.58. The number of aliphatic hydroxyl groups is 1. The summed E-state index contributed by atoms with van der Waals surface area (Å²) in [6, 6.07) is 13.6. The van der Waals surface area contributed by atoms with E-state index >= 15 is 0 Å². The number of rotatable bonds is 5. The quantitative estimate of drug-likeness (QED) is 0.823. The number of hydrogen-bond donors (Lipinski definition) is 1. The number of aryl methyl sites for hydroxylation is 1. The molecule has 0 saturated heterocycles. The standard InChI is InChI=1S/C22H22O4/c1-4-25-21(24)12-18-15(3)26-20-10-14(2)17(13-23)11-19(20)22(18)16-8-6-5-7-9-16/h5-11,23H,3-4,12-13H2,1-2H3. The molecule has 0 aliphatic carbocycles. The fourth-order valence-electron chi connectivity index (χ4n) is 3.15. The van der Waals surface area contributed by atoms with Crippen molar-refractivity contribution in [2.24, 2.45) is 0 Å². The van der Waals surface area contributed by atoms with Crippen molar-refractivity contribution in [2.75, 3.05) is 6.61 Å². The number of allylic oxidation sites excluding steroid dienone is 1. The van der Waals surface area contributed by atoms with Gasteiger partial charge < -0.3 is 14.6 Å². The Balaban J connectivity index is 2.23. The summed E-state index contributed by atoms with van der Waals surface area (Å²) in [5, 5.41) is 9.66. The minimum absolute atomic E-state index is 0.0602. The SMILES string of the molecule is C=C1Oc2cc(C)c(CO)cc2C(c2ccccc2)=C1CC(=O)OCC. The van der Waals surface area contributed by atoms with E-state index in [4.69, 9.17) is 9.47 Å². The number of benzene rings is 2. The molecule has 0 aromatic heterocycles. The van der Waals surface area contributed by atoms with Crippen molar-refractivity contribution >= 4 is 11.5 Å². The van der Waals surface area contributed by atoms with Gasteiger partial charge in [0.2, 0.25) is 0 Å². The first kappa shape index (κ1) is 18.0. The van der Waals surface area contributed by atoms with Crippen LogP contribution in [0, 0.1) is 6.92 Å². The van der Waals surface area contributed by atoms with Crippen LogP contribution in [-0.2, 0) is 16.1 Å². The zero-order valence-corrected chi connectivity index (χ0v) is 15.0. The molecule has 4 heteroatoms. The Kier molecular flexibility index (Phi) is 5.24. The third kappa shape index (κ3) is 3.41. The van der Waals surface area contributed by atoms with E-state index in [-0.39, 0.29) is 19.0 Å². The molecule has 2 aromatic rings. The highest BCUT2D eigenvalue weighted by molar-refractivity contribution is 5.92. The van der Waals surface area contributed by atoms with Gasteiger partial charge in [0.1, 0.15) is 11.5 Å². The number of aliphatic hydroxyl groups excluding tert-OH is 1. The van der Waals surface area contributed by atoms with Gasteiger partial charge in [0.25, 0.3) is 0 Å². The van der Waals surface area contributed by atoms with E-state index < -0.39 is 0 Å². The summed E-state index contributed by atoms with van der Waals surface area (Å²) in [5.74, 6) is 0.801. The predicted octanol–water partition coefficient (Wildman–Crippen LogP) is 4.15. The van der Waals surface area contributed by atoms with Crippen molar-refractivity contribution < 1.29 is 19.4 Å². The number of hydrogen-bond acceptors (Lipinski definition) is 4. The van der Waals surface area contributed by atoms with Gasteiger partial charge in [0, 0.05) is 16.7 Å². The lowest BCUT2D eigenvalue weighted by Gasteiger charge is -2.27. The average Bonchev–Trinajstić information content (AvgIpc) is 2.63. The third-order valence-corrected chi connectivity index (χ3v) is 4.44. The fraction of sp³-hybridized carbons (Fsp3) is 0.227. The first-order valence-electron chi connectivity index (χ1n) is 8.61. The number of carbonyl (C=O) groups excluding carboxylic acids is 1. The summed E-state index contributed by atoms with van der Waals surface area (Å²) in [4.78, 5) is 12.1. The molecule has 4 nitrogen and oxygen atoms in total.